The van der Waals surface area contributed by atoms with Gasteiger partial charge in [-0.3, -0.25) is 9.59 Å². The molecule has 1 heterocycles. The number of aromatic nitrogens is 1. The summed E-state index contributed by atoms with van der Waals surface area (Å²) < 4.78 is 10.9. The third-order valence-electron chi connectivity index (χ3n) is 4.56. The van der Waals surface area contributed by atoms with E-state index < -0.39 is 11.9 Å². The molecule has 7 heteroatoms. The van der Waals surface area contributed by atoms with Crippen molar-refractivity contribution in [1.82, 2.24) is 10.3 Å². The van der Waals surface area contributed by atoms with Crippen LogP contribution in [0.1, 0.15) is 28.5 Å². The fraction of sp³-hybridized carbons (Fsp3) is 0.208. The third kappa shape index (κ3) is 5.83. The van der Waals surface area contributed by atoms with Gasteiger partial charge in [0.15, 0.2) is 11.4 Å². The molecule has 0 saturated carbocycles. The monoisotopic (exact) mass is 438 g/mol. The van der Waals surface area contributed by atoms with Crippen LogP contribution in [0.3, 0.4) is 0 Å². The Kier molecular flexibility index (Phi) is 7.62. The van der Waals surface area contributed by atoms with Crippen LogP contribution in [0.2, 0.25) is 5.02 Å². The van der Waals surface area contributed by atoms with Crippen molar-refractivity contribution in [3.63, 3.8) is 0 Å². The maximum atomic E-state index is 12.8. The SMILES string of the molecule is CCOC(=O)CNC(=O)c1ncc(-c2cccc(Cl)c2)c(C)c1OCc1ccccc1. The minimum absolute atomic E-state index is 0.100. The lowest BCUT2D eigenvalue weighted by Crippen LogP contribution is -2.31. The molecular formula is C24H23ClN2O4. The number of hydrogen-bond acceptors (Lipinski definition) is 5. The zero-order valence-electron chi connectivity index (χ0n) is 17.4. The van der Waals surface area contributed by atoms with Crippen molar-refractivity contribution < 1.29 is 19.1 Å². The predicted octanol–water partition coefficient (Wildman–Crippen LogP) is 4.58. The minimum Gasteiger partial charge on any atom is -0.486 e. The van der Waals surface area contributed by atoms with Crippen LogP contribution in [0.5, 0.6) is 5.75 Å². The molecule has 0 radical (unpaired) electrons. The number of amides is 1. The molecule has 3 rings (SSSR count). The molecule has 0 atom stereocenters. The second kappa shape index (κ2) is 10.6. The van der Waals surface area contributed by atoms with E-state index in [4.69, 9.17) is 21.1 Å². The lowest BCUT2D eigenvalue weighted by atomic mass is 10.0. The molecule has 0 aliphatic rings. The molecule has 1 N–H and O–H groups in total. The summed E-state index contributed by atoms with van der Waals surface area (Å²) in [6.07, 6.45) is 1.61. The molecular weight excluding hydrogens is 416 g/mol. The lowest BCUT2D eigenvalue weighted by Gasteiger charge is -2.16. The van der Waals surface area contributed by atoms with Crippen LogP contribution >= 0.6 is 11.6 Å². The van der Waals surface area contributed by atoms with Crippen LogP contribution in [0.15, 0.2) is 60.8 Å². The molecule has 1 amide bonds. The zero-order chi connectivity index (χ0) is 22.2. The summed E-state index contributed by atoms with van der Waals surface area (Å²) >= 11 is 6.15. The molecule has 1 aromatic heterocycles. The van der Waals surface area contributed by atoms with Crippen molar-refractivity contribution in [1.29, 1.82) is 0 Å². The van der Waals surface area contributed by atoms with Crippen molar-refractivity contribution >= 4 is 23.5 Å². The summed E-state index contributed by atoms with van der Waals surface area (Å²) in [6.45, 7) is 3.82. The highest BCUT2D eigenvalue weighted by Crippen LogP contribution is 2.33. The van der Waals surface area contributed by atoms with Gasteiger partial charge in [0, 0.05) is 22.3 Å². The first-order valence-electron chi connectivity index (χ1n) is 9.85. The fourth-order valence-electron chi connectivity index (χ4n) is 3.05. The van der Waals surface area contributed by atoms with Crippen molar-refractivity contribution in [2.75, 3.05) is 13.2 Å². The molecule has 0 unspecified atom stereocenters. The standard InChI is InChI=1S/C24H23ClN2O4/c1-3-30-21(28)14-27-24(29)22-23(31-15-17-8-5-4-6-9-17)16(2)20(13-26-22)18-10-7-11-19(25)12-18/h4-13H,3,14-15H2,1-2H3,(H,27,29). The molecule has 0 bridgehead atoms. The Hall–Kier alpha value is -3.38. The maximum absolute atomic E-state index is 12.8. The smallest absolute Gasteiger partial charge is 0.325 e. The van der Waals surface area contributed by atoms with E-state index in [0.29, 0.717) is 10.8 Å². The summed E-state index contributed by atoms with van der Waals surface area (Å²) in [5.74, 6) is -0.686. The Labute approximate surface area is 186 Å². The van der Waals surface area contributed by atoms with Gasteiger partial charge in [-0.1, -0.05) is 54.1 Å². The quantitative estimate of drug-likeness (QED) is 0.521. The highest BCUT2D eigenvalue weighted by atomic mass is 35.5. The molecule has 0 fully saturated rings. The Morgan fingerprint density at radius 3 is 2.58 bits per heavy atom. The molecule has 3 aromatic rings. The highest BCUT2D eigenvalue weighted by molar-refractivity contribution is 6.30. The van der Waals surface area contributed by atoms with Gasteiger partial charge in [-0.2, -0.15) is 0 Å². The summed E-state index contributed by atoms with van der Waals surface area (Å²) in [5.41, 5.74) is 3.46. The van der Waals surface area contributed by atoms with Crippen molar-refractivity contribution in [3.8, 4) is 16.9 Å². The van der Waals surface area contributed by atoms with Crippen LogP contribution in [-0.4, -0.2) is 30.0 Å². The van der Waals surface area contributed by atoms with Gasteiger partial charge in [0.1, 0.15) is 13.2 Å². The summed E-state index contributed by atoms with van der Waals surface area (Å²) in [6, 6.07) is 17.0. The number of rotatable bonds is 8. The van der Waals surface area contributed by atoms with Gasteiger partial charge in [-0.05, 0) is 37.1 Å². The fourth-order valence-corrected chi connectivity index (χ4v) is 3.24. The van der Waals surface area contributed by atoms with Crippen LogP contribution in [0, 0.1) is 6.92 Å². The summed E-state index contributed by atoms with van der Waals surface area (Å²) in [7, 11) is 0. The van der Waals surface area contributed by atoms with Gasteiger partial charge in [0.25, 0.3) is 5.91 Å². The van der Waals surface area contributed by atoms with E-state index in [1.165, 1.54) is 0 Å². The van der Waals surface area contributed by atoms with Gasteiger partial charge < -0.3 is 14.8 Å². The predicted molar refractivity (Wildman–Crippen MR) is 119 cm³/mol. The minimum atomic E-state index is -0.519. The first-order chi connectivity index (χ1) is 15.0. The van der Waals surface area contributed by atoms with Crippen LogP contribution < -0.4 is 10.1 Å². The van der Waals surface area contributed by atoms with E-state index >= 15 is 0 Å². The van der Waals surface area contributed by atoms with Crippen LogP contribution in [-0.2, 0) is 16.1 Å². The van der Waals surface area contributed by atoms with E-state index in [1.54, 1.807) is 19.2 Å². The van der Waals surface area contributed by atoms with E-state index in [0.717, 1.165) is 22.3 Å². The van der Waals surface area contributed by atoms with E-state index in [2.05, 4.69) is 10.3 Å². The molecule has 0 aliphatic carbocycles. The molecule has 160 valence electrons. The van der Waals surface area contributed by atoms with Crippen molar-refractivity contribution in [2.45, 2.75) is 20.5 Å². The van der Waals surface area contributed by atoms with Gasteiger partial charge in [-0.15, -0.1) is 0 Å². The molecule has 2 aromatic carbocycles. The number of benzene rings is 2. The van der Waals surface area contributed by atoms with Gasteiger partial charge in [0.2, 0.25) is 0 Å². The largest absolute Gasteiger partial charge is 0.486 e. The molecule has 0 aliphatic heterocycles. The second-order valence-electron chi connectivity index (χ2n) is 6.75. The van der Waals surface area contributed by atoms with Crippen LogP contribution in [0.25, 0.3) is 11.1 Å². The molecule has 31 heavy (non-hydrogen) atoms. The first kappa shape index (κ1) is 22.3. The Balaban J connectivity index is 1.94. The average molecular weight is 439 g/mol. The number of pyridine rings is 1. The number of nitrogens with zero attached hydrogens (tertiary/aromatic N) is 1. The number of hydrogen-bond donors (Lipinski definition) is 1. The highest BCUT2D eigenvalue weighted by Gasteiger charge is 2.21. The van der Waals surface area contributed by atoms with Gasteiger partial charge in [-0.25, -0.2) is 4.98 Å². The number of carbonyl (C=O) groups excluding carboxylic acids is 2. The lowest BCUT2D eigenvalue weighted by molar-refractivity contribution is -0.141. The van der Waals surface area contributed by atoms with Crippen LogP contribution in [0.4, 0.5) is 0 Å². The summed E-state index contributed by atoms with van der Waals surface area (Å²) in [4.78, 5) is 28.7. The molecule has 0 saturated heterocycles. The Morgan fingerprint density at radius 1 is 1.10 bits per heavy atom. The number of ether oxygens (including phenoxy) is 2. The Bertz CT molecular complexity index is 1070. The number of halogens is 1. The molecule has 6 nitrogen and oxygen atoms in total. The number of esters is 1. The first-order valence-corrected chi connectivity index (χ1v) is 10.2. The normalized spacial score (nSPS) is 10.4. The average Bonchev–Trinajstić information content (AvgIpc) is 2.77. The third-order valence-corrected chi connectivity index (χ3v) is 4.79. The zero-order valence-corrected chi connectivity index (χ0v) is 18.1. The van der Waals surface area contributed by atoms with E-state index in [1.807, 2.05) is 55.5 Å². The Morgan fingerprint density at radius 2 is 1.87 bits per heavy atom. The number of carbonyl (C=O) groups is 2. The topological polar surface area (TPSA) is 77.5 Å². The molecule has 0 spiro atoms. The number of nitrogens with one attached hydrogen (secondary N) is 1. The van der Waals surface area contributed by atoms with E-state index in [9.17, 15) is 9.59 Å². The second-order valence-corrected chi connectivity index (χ2v) is 7.18. The summed E-state index contributed by atoms with van der Waals surface area (Å²) in [5, 5.41) is 3.14. The van der Waals surface area contributed by atoms with Crippen molar-refractivity contribution in [3.05, 3.63) is 82.6 Å². The maximum Gasteiger partial charge on any atom is 0.325 e. The van der Waals surface area contributed by atoms with Gasteiger partial charge in [0.05, 0.1) is 6.61 Å². The van der Waals surface area contributed by atoms with E-state index in [-0.39, 0.29) is 25.5 Å². The van der Waals surface area contributed by atoms with Gasteiger partial charge >= 0.3 is 5.97 Å². The van der Waals surface area contributed by atoms with Crippen molar-refractivity contribution in [2.24, 2.45) is 0 Å².